The van der Waals surface area contributed by atoms with Crippen molar-refractivity contribution < 1.29 is 9.53 Å². The van der Waals surface area contributed by atoms with Crippen molar-refractivity contribution in [2.75, 3.05) is 12.4 Å². The number of hydrogen-bond acceptors (Lipinski definition) is 4. The van der Waals surface area contributed by atoms with Crippen LogP contribution in [0.25, 0.3) is 16.9 Å². The molecule has 0 aliphatic carbocycles. The number of amides is 1. The number of para-hydroxylation sites is 1. The van der Waals surface area contributed by atoms with E-state index in [9.17, 15) is 9.59 Å². The van der Waals surface area contributed by atoms with Gasteiger partial charge in [-0.05, 0) is 29.8 Å². The quantitative estimate of drug-likeness (QED) is 0.415. The smallest absolute Gasteiger partial charge is 0.282 e. The minimum absolute atomic E-state index is 0.279. The Balaban J connectivity index is 1.61. The Morgan fingerprint density at radius 2 is 1.68 bits per heavy atom. The molecule has 0 saturated heterocycles. The van der Waals surface area contributed by atoms with Crippen molar-refractivity contribution in [3.05, 3.63) is 119 Å². The van der Waals surface area contributed by atoms with Crippen LogP contribution in [-0.4, -0.2) is 27.4 Å². The lowest BCUT2D eigenvalue weighted by atomic mass is 10.1. The first-order valence-corrected chi connectivity index (χ1v) is 10.8. The van der Waals surface area contributed by atoms with Crippen LogP contribution in [0.4, 0.5) is 5.69 Å². The van der Waals surface area contributed by atoms with Crippen LogP contribution in [0.2, 0.25) is 0 Å². The van der Waals surface area contributed by atoms with Crippen molar-refractivity contribution in [1.82, 2.24) is 14.3 Å². The molecule has 0 spiro atoms. The maximum absolute atomic E-state index is 13.4. The maximum atomic E-state index is 13.4. The van der Waals surface area contributed by atoms with Crippen molar-refractivity contribution in [2.24, 2.45) is 0 Å². The summed E-state index contributed by atoms with van der Waals surface area (Å²) in [5.74, 6) is 0.267. The number of anilines is 1. The van der Waals surface area contributed by atoms with Crippen molar-refractivity contribution in [3.63, 3.8) is 0 Å². The number of carbonyl (C=O) groups excluding carboxylic acids is 1. The first-order valence-electron chi connectivity index (χ1n) is 10.8. The van der Waals surface area contributed by atoms with E-state index in [0.29, 0.717) is 40.5 Å². The van der Waals surface area contributed by atoms with E-state index in [0.717, 1.165) is 5.56 Å². The second kappa shape index (κ2) is 9.07. The molecule has 0 saturated carbocycles. The molecule has 0 radical (unpaired) electrons. The topological polar surface area (TPSA) is 78.1 Å². The van der Waals surface area contributed by atoms with Crippen molar-refractivity contribution in [1.29, 1.82) is 0 Å². The number of rotatable bonds is 6. The van der Waals surface area contributed by atoms with Gasteiger partial charge in [-0.1, -0.05) is 54.6 Å². The molecule has 3 aromatic carbocycles. The van der Waals surface area contributed by atoms with Gasteiger partial charge in [0.1, 0.15) is 11.4 Å². The summed E-state index contributed by atoms with van der Waals surface area (Å²) < 4.78 is 8.43. The Hall–Kier alpha value is -4.65. The molecule has 0 unspecified atom stereocenters. The van der Waals surface area contributed by atoms with Gasteiger partial charge in [0.15, 0.2) is 0 Å². The van der Waals surface area contributed by atoms with Crippen LogP contribution in [-0.2, 0) is 6.54 Å². The van der Waals surface area contributed by atoms with Crippen LogP contribution < -0.4 is 15.6 Å². The zero-order valence-electron chi connectivity index (χ0n) is 18.5. The summed E-state index contributed by atoms with van der Waals surface area (Å²) in [5.41, 5.74) is 3.02. The van der Waals surface area contributed by atoms with Crippen LogP contribution >= 0.6 is 0 Å². The lowest BCUT2D eigenvalue weighted by Gasteiger charge is -2.13. The molecule has 0 atom stereocenters. The molecule has 7 heteroatoms. The van der Waals surface area contributed by atoms with Gasteiger partial charge in [-0.3, -0.25) is 9.59 Å². The minimum atomic E-state index is -0.363. The first-order chi connectivity index (χ1) is 16.6. The third-order valence-corrected chi connectivity index (χ3v) is 5.50. The van der Waals surface area contributed by atoms with E-state index in [4.69, 9.17) is 4.74 Å². The van der Waals surface area contributed by atoms with Crippen LogP contribution in [0.5, 0.6) is 5.75 Å². The predicted octanol–water partition coefficient (Wildman–Crippen LogP) is 4.45. The van der Waals surface area contributed by atoms with Gasteiger partial charge in [-0.15, -0.1) is 0 Å². The Labute approximate surface area is 196 Å². The number of aromatic nitrogens is 3. The zero-order valence-corrected chi connectivity index (χ0v) is 18.5. The van der Waals surface area contributed by atoms with Crippen LogP contribution in [0.3, 0.4) is 0 Å². The maximum Gasteiger partial charge on any atom is 0.282 e. The number of nitrogens with zero attached hydrogens (tertiary/aromatic N) is 3. The number of ether oxygens (including phenoxy) is 1. The van der Waals surface area contributed by atoms with Crippen molar-refractivity contribution in [2.45, 2.75) is 6.54 Å². The Bertz CT molecular complexity index is 1470. The SMILES string of the molecule is COc1cccc(NC(=O)c2cn(Cc3ccccc3)cc3c(=O)n(-c4ccccc4)nc2-3)c1. The van der Waals surface area contributed by atoms with E-state index in [-0.39, 0.29) is 11.5 Å². The molecule has 34 heavy (non-hydrogen) atoms. The highest BCUT2D eigenvalue weighted by Crippen LogP contribution is 2.25. The van der Waals surface area contributed by atoms with Gasteiger partial charge in [0.2, 0.25) is 0 Å². The third-order valence-electron chi connectivity index (χ3n) is 5.50. The van der Waals surface area contributed by atoms with Crippen molar-refractivity contribution in [3.8, 4) is 22.7 Å². The Kier molecular flexibility index (Phi) is 5.66. The summed E-state index contributed by atoms with van der Waals surface area (Å²) in [6, 6.07) is 26.1. The standard InChI is InChI=1S/C27H22N4O3/c1-34-22-14-8-11-20(15-22)28-26(32)23-17-30(16-19-9-4-2-5-10-19)18-24-25(23)29-31(27(24)33)21-12-6-3-7-13-21/h2-15,17-18H,16H2,1H3,(H,28,32). The lowest BCUT2D eigenvalue weighted by molar-refractivity contribution is 0.102. The molecule has 168 valence electrons. The molecule has 3 aromatic rings. The number of pyridine rings is 1. The monoisotopic (exact) mass is 450 g/mol. The highest BCUT2D eigenvalue weighted by Gasteiger charge is 2.24. The molecule has 2 aliphatic heterocycles. The van der Waals surface area contributed by atoms with Gasteiger partial charge in [0.25, 0.3) is 11.5 Å². The summed E-state index contributed by atoms with van der Waals surface area (Å²) in [6.07, 6.45) is 3.48. The van der Waals surface area contributed by atoms with E-state index in [2.05, 4.69) is 10.4 Å². The van der Waals surface area contributed by atoms with E-state index in [1.165, 1.54) is 4.68 Å². The second-order valence-electron chi connectivity index (χ2n) is 7.83. The van der Waals surface area contributed by atoms with E-state index < -0.39 is 0 Å². The summed E-state index contributed by atoms with van der Waals surface area (Å²) in [4.78, 5) is 26.7. The van der Waals surface area contributed by atoms with Crippen LogP contribution in [0, 0.1) is 0 Å². The second-order valence-corrected chi connectivity index (χ2v) is 7.83. The molecule has 0 aromatic heterocycles. The van der Waals surface area contributed by atoms with Gasteiger partial charge in [-0.25, -0.2) is 0 Å². The summed E-state index contributed by atoms with van der Waals surface area (Å²) >= 11 is 0. The molecule has 2 aliphatic rings. The fourth-order valence-corrected chi connectivity index (χ4v) is 3.86. The van der Waals surface area contributed by atoms with Crippen LogP contribution in [0.1, 0.15) is 15.9 Å². The fourth-order valence-electron chi connectivity index (χ4n) is 3.86. The van der Waals surface area contributed by atoms with Gasteiger partial charge >= 0.3 is 0 Å². The molecule has 5 rings (SSSR count). The number of carbonyl (C=O) groups is 1. The molecule has 1 N–H and O–H groups in total. The molecular weight excluding hydrogens is 428 g/mol. The predicted molar refractivity (Wildman–Crippen MR) is 131 cm³/mol. The number of hydrogen-bond donors (Lipinski definition) is 1. The lowest BCUT2D eigenvalue weighted by Crippen LogP contribution is -2.18. The average molecular weight is 450 g/mol. The molecular formula is C27H22N4O3. The zero-order chi connectivity index (χ0) is 23.5. The molecule has 2 heterocycles. The molecule has 7 nitrogen and oxygen atoms in total. The number of methoxy groups -OCH3 is 1. The summed E-state index contributed by atoms with van der Waals surface area (Å²) in [7, 11) is 1.57. The first kappa shape index (κ1) is 21.2. The van der Waals surface area contributed by atoms with E-state index in [1.807, 2.05) is 53.1 Å². The van der Waals surface area contributed by atoms with E-state index >= 15 is 0 Å². The van der Waals surface area contributed by atoms with Gasteiger partial charge < -0.3 is 14.6 Å². The largest absolute Gasteiger partial charge is 0.497 e. The molecule has 1 amide bonds. The Morgan fingerprint density at radius 1 is 0.941 bits per heavy atom. The van der Waals surface area contributed by atoms with E-state index in [1.54, 1.807) is 55.9 Å². The highest BCUT2D eigenvalue weighted by atomic mass is 16.5. The fraction of sp³-hybridized carbons (Fsp3) is 0.0741. The van der Waals surface area contributed by atoms with Gasteiger partial charge in [0.05, 0.1) is 23.9 Å². The summed E-state index contributed by atoms with van der Waals surface area (Å²) in [6.45, 7) is 0.506. The molecule has 0 fully saturated rings. The molecule has 0 bridgehead atoms. The number of fused-ring (bicyclic) bond motifs is 1. The normalized spacial score (nSPS) is 10.9. The number of benzene rings is 3. The number of nitrogens with one attached hydrogen (secondary N) is 1. The van der Waals surface area contributed by atoms with Crippen LogP contribution in [0.15, 0.2) is 102 Å². The van der Waals surface area contributed by atoms with Crippen molar-refractivity contribution >= 4 is 11.6 Å². The average Bonchev–Trinajstić information content (AvgIpc) is 3.21. The minimum Gasteiger partial charge on any atom is -0.497 e. The third kappa shape index (κ3) is 4.19. The van der Waals surface area contributed by atoms with Gasteiger partial charge in [-0.2, -0.15) is 9.78 Å². The highest BCUT2D eigenvalue weighted by molar-refractivity contribution is 6.08. The summed E-state index contributed by atoms with van der Waals surface area (Å²) in [5, 5.41) is 7.43. The van der Waals surface area contributed by atoms with Gasteiger partial charge in [0, 0.05) is 30.7 Å². The Morgan fingerprint density at radius 3 is 2.41 bits per heavy atom.